The summed E-state index contributed by atoms with van der Waals surface area (Å²) < 4.78 is 21.2. The summed E-state index contributed by atoms with van der Waals surface area (Å²) in [4.78, 5) is 4.48. The standard InChI is InChI=1S/C20H30FN5O2/c1-5-16(28-18-10-8-7-9-17(18)21)12-23-19(22-6-2)24-14-20(3,27)15-11-25-26(4)13-15/h7-11,13,16,27H,5-6,12,14H2,1-4H3,(H2,22,23,24). The number of para-hydroxylation sites is 1. The summed E-state index contributed by atoms with van der Waals surface area (Å²) in [6.07, 6.45) is 3.88. The Labute approximate surface area is 165 Å². The molecule has 154 valence electrons. The van der Waals surface area contributed by atoms with Gasteiger partial charge in [-0.1, -0.05) is 19.1 Å². The van der Waals surface area contributed by atoms with E-state index in [9.17, 15) is 9.50 Å². The molecular weight excluding hydrogens is 361 g/mol. The van der Waals surface area contributed by atoms with Crippen molar-refractivity contribution in [1.82, 2.24) is 20.4 Å². The smallest absolute Gasteiger partial charge is 0.191 e. The van der Waals surface area contributed by atoms with Crippen LogP contribution in [0.25, 0.3) is 0 Å². The molecule has 0 aliphatic carbocycles. The number of nitrogens with zero attached hydrogens (tertiary/aromatic N) is 3. The first-order valence-electron chi connectivity index (χ1n) is 9.50. The number of aromatic nitrogens is 2. The summed E-state index contributed by atoms with van der Waals surface area (Å²) in [5.74, 6) is 0.411. The maximum absolute atomic E-state index is 13.8. The van der Waals surface area contributed by atoms with E-state index in [4.69, 9.17) is 4.74 Å². The Kier molecular flexibility index (Phi) is 7.80. The fourth-order valence-electron chi connectivity index (χ4n) is 2.57. The van der Waals surface area contributed by atoms with Crippen LogP contribution in [-0.2, 0) is 12.6 Å². The van der Waals surface area contributed by atoms with Crippen LogP contribution >= 0.6 is 0 Å². The number of ether oxygens (including phenoxy) is 1. The van der Waals surface area contributed by atoms with Crippen LogP contribution in [0.4, 0.5) is 4.39 Å². The zero-order valence-electron chi connectivity index (χ0n) is 16.9. The minimum Gasteiger partial charge on any atom is -0.486 e. The molecule has 0 saturated heterocycles. The normalized spacial score (nSPS) is 15.0. The number of nitrogens with one attached hydrogen (secondary N) is 2. The van der Waals surface area contributed by atoms with E-state index in [2.05, 4.69) is 20.7 Å². The van der Waals surface area contributed by atoms with Gasteiger partial charge in [0.1, 0.15) is 11.7 Å². The van der Waals surface area contributed by atoms with Crippen LogP contribution in [0, 0.1) is 5.82 Å². The van der Waals surface area contributed by atoms with E-state index in [1.807, 2.05) is 13.8 Å². The average molecular weight is 391 g/mol. The molecule has 2 aromatic rings. The molecule has 0 radical (unpaired) electrons. The van der Waals surface area contributed by atoms with Gasteiger partial charge in [-0.05, 0) is 32.4 Å². The van der Waals surface area contributed by atoms with E-state index in [1.165, 1.54) is 6.07 Å². The number of benzene rings is 1. The van der Waals surface area contributed by atoms with Gasteiger partial charge in [0, 0.05) is 25.4 Å². The number of halogens is 1. The first-order valence-corrected chi connectivity index (χ1v) is 9.50. The minimum absolute atomic E-state index is 0.166. The second-order valence-electron chi connectivity index (χ2n) is 6.83. The van der Waals surface area contributed by atoms with Crippen molar-refractivity contribution < 1.29 is 14.2 Å². The van der Waals surface area contributed by atoms with E-state index < -0.39 is 5.60 Å². The van der Waals surface area contributed by atoms with Gasteiger partial charge in [0.05, 0.1) is 19.3 Å². The van der Waals surface area contributed by atoms with Gasteiger partial charge in [-0.25, -0.2) is 9.38 Å². The highest BCUT2D eigenvalue weighted by molar-refractivity contribution is 5.79. The molecule has 0 amide bonds. The van der Waals surface area contributed by atoms with Gasteiger partial charge in [-0.15, -0.1) is 0 Å². The van der Waals surface area contributed by atoms with Crippen LogP contribution in [0.2, 0.25) is 0 Å². The van der Waals surface area contributed by atoms with Gasteiger partial charge in [-0.3, -0.25) is 4.68 Å². The van der Waals surface area contributed by atoms with Crippen molar-refractivity contribution in [2.24, 2.45) is 12.0 Å². The predicted molar refractivity (Wildman–Crippen MR) is 108 cm³/mol. The zero-order chi connectivity index (χ0) is 20.6. The number of aryl methyl sites for hydroxylation is 1. The summed E-state index contributed by atoms with van der Waals surface area (Å²) in [7, 11) is 1.80. The Morgan fingerprint density at radius 3 is 2.71 bits per heavy atom. The third kappa shape index (κ3) is 6.23. The second kappa shape index (κ2) is 10.1. The number of aliphatic hydroxyl groups is 1. The molecule has 1 aromatic heterocycles. The summed E-state index contributed by atoms with van der Waals surface area (Å²) in [5.41, 5.74) is -0.436. The molecule has 1 aromatic carbocycles. The molecule has 7 nitrogen and oxygen atoms in total. The summed E-state index contributed by atoms with van der Waals surface area (Å²) in [6.45, 7) is 6.93. The maximum atomic E-state index is 13.8. The monoisotopic (exact) mass is 391 g/mol. The maximum Gasteiger partial charge on any atom is 0.191 e. The van der Waals surface area contributed by atoms with Gasteiger partial charge < -0.3 is 20.5 Å². The van der Waals surface area contributed by atoms with Crippen LogP contribution in [0.5, 0.6) is 5.75 Å². The zero-order valence-corrected chi connectivity index (χ0v) is 16.9. The lowest BCUT2D eigenvalue weighted by molar-refractivity contribution is 0.0671. The first kappa shape index (κ1) is 21.7. The number of guanidine groups is 1. The SMILES string of the molecule is CCNC(=NCC(C)(O)c1cnn(C)c1)NCC(CC)Oc1ccccc1F. The Balaban J connectivity index is 1.98. The van der Waals surface area contributed by atoms with E-state index in [-0.39, 0.29) is 24.2 Å². The van der Waals surface area contributed by atoms with Gasteiger partial charge in [0.15, 0.2) is 17.5 Å². The molecular formula is C20H30FN5O2. The van der Waals surface area contributed by atoms with Gasteiger partial charge in [0.25, 0.3) is 0 Å². The Morgan fingerprint density at radius 1 is 1.36 bits per heavy atom. The van der Waals surface area contributed by atoms with Gasteiger partial charge in [-0.2, -0.15) is 5.10 Å². The van der Waals surface area contributed by atoms with E-state index in [0.29, 0.717) is 31.0 Å². The number of aliphatic imine (C=N–C) groups is 1. The molecule has 2 unspecified atom stereocenters. The van der Waals surface area contributed by atoms with E-state index >= 15 is 0 Å². The van der Waals surface area contributed by atoms with Crippen molar-refractivity contribution in [3.8, 4) is 5.75 Å². The summed E-state index contributed by atoms with van der Waals surface area (Å²) in [6, 6.07) is 6.36. The molecule has 2 atom stereocenters. The summed E-state index contributed by atoms with van der Waals surface area (Å²) >= 11 is 0. The number of rotatable bonds is 9. The van der Waals surface area contributed by atoms with Crippen LogP contribution in [0.3, 0.4) is 0 Å². The van der Waals surface area contributed by atoms with Crippen LogP contribution in [0.15, 0.2) is 41.7 Å². The van der Waals surface area contributed by atoms with Crippen molar-refractivity contribution in [2.75, 3.05) is 19.6 Å². The molecule has 0 saturated carbocycles. The van der Waals surface area contributed by atoms with Gasteiger partial charge in [0.2, 0.25) is 0 Å². The van der Waals surface area contributed by atoms with Crippen molar-refractivity contribution in [3.05, 3.63) is 48.0 Å². The average Bonchev–Trinajstić information content (AvgIpc) is 3.11. The quantitative estimate of drug-likeness (QED) is 0.451. The Morgan fingerprint density at radius 2 is 2.11 bits per heavy atom. The highest BCUT2D eigenvalue weighted by Crippen LogP contribution is 2.20. The highest BCUT2D eigenvalue weighted by atomic mass is 19.1. The topological polar surface area (TPSA) is 83.7 Å². The fraction of sp³-hybridized carbons (Fsp3) is 0.500. The van der Waals surface area contributed by atoms with Crippen molar-refractivity contribution in [2.45, 2.75) is 38.9 Å². The Hall–Kier alpha value is -2.61. The molecule has 1 heterocycles. The number of hydrogen-bond donors (Lipinski definition) is 3. The fourth-order valence-corrected chi connectivity index (χ4v) is 2.57. The van der Waals surface area contributed by atoms with Crippen LogP contribution < -0.4 is 15.4 Å². The first-order chi connectivity index (χ1) is 13.4. The van der Waals surface area contributed by atoms with Crippen LogP contribution in [0.1, 0.15) is 32.8 Å². The highest BCUT2D eigenvalue weighted by Gasteiger charge is 2.24. The Bertz CT molecular complexity index is 775. The molecule has 0 aliphatic heterocycles. The molecule has 3 N–H and O–H groups in total. The largest absolute Gasteiger partial charge is 0.486 e. The van der Waals surface area contributed by atoms with Crippen molar-refractivity contribution >= 4 is 5.96 Å². The molecule has 8 heteroatoms. The lowest BCUT2D eigenvalue weighted by Crippen LogP contribution is -2.43. The molecule has 0 aliphatic rings. The van der Waals surface area contributed by atoms with Crippen LogP contribution in [-0.4, -0.2) is 46.6 Å². The third-order valence-electron chi connectivity index (χ3n) is 4.30. The summed E-state index contributed by atoms with van der Waals surface area (Å²) in [5, 5.41) is 21.1. The lowest BCUT2D eigenvalue weighted by Gasteiger charge is -2.22. The molecule has 0 fully saturated rings. The third-order valence-corrected chi connectivity index (χ3v) is 4.30. The van der Waals surface area contributed by atoms with Crippen molar-refractivity contribution in [3.63, 3.8) is 0 Å². The molecule has 0 spiro atoms. The van der Waals surface area contributed by atoms with E-state index in [0.717, 1.165) is 0 Å². The van der Waals surface area contributed by atoms with Gasteiger partial charge >= 0.3 is 0 Å². The second-order valence-corrected chi connectivity index (χ2v) is 6.83. The lowest BCUT2D eigenvalue weighted by atomic mass is 10.0. The number of hydrogen-bond acceptors (Lipinski definition) is 4. The van der Waals surface area contributed by atoms with Crippen molar-refractivity contribution in [1.29, 1.82) is 0 Å². The van der Waals surface area contributed by atoms with E-state index in [1.54, 1.807) is 49.2 Å². The minimum atomic E-state index is -1.13. The molecule has 2 rings (SSSR count). The molecule has 0 bridgehead atoms. The molecule has 28 heavy (non-hydrogen) atoms. The predicted octanol–water partition coefficient (Wildman–Crippen LogP) is 2.18.